The lowest BCUT2D eigenvalue weighted by atomic mass is 10.1. The normalized spacial score (nSPS) is 14.7. The molecule has 0 spiro atoms. The topological polar surface area (TPSA) is 75.4 Å². The zero-order valence-corrected chi connectivity index (χ0v) is 17.3. The molecule has 150 valence electrons. The fourth-order valence-electron chi connectivity index (χ4n) is 3.00. The lowest BCUT2D eigenvalue weighted by molar-refractivity contribution is -0.130. The molecule has 0 aliphatic carbocycles. The van der Waals surface area contributed by atoms with Gasteiger partial charge in [-0.3, -0.25) is 9.59 Å². The van der Waals surface area contributed by atoms with Crippen LogP contribution in [0.3, 0.4) is 0 Å². The van der Waals surface area contributed by atoms with Gasteiger partial charge in [0.25, 0.3) is 0 Å². The van der Waals surface area contributed by atoms with E-state index in [4.69, 9.17) is 5.73 Å². The minimum atomic E-state index is -0.606. The first-order valence-corrected chi connectivity index (χ1v) is 10.3. The number of nitrogens with zero attached hydrogens (tertiary/aromatic N) is 1. The summed E-state index contributed by atoms with van der Waals surface area (Å²) < 4.78 is 0. The summed E-state index contributed by atoms with van der Waals surface area (Å²) in [6.45, 7) is 1.66. The van der Waals surface area contributed by atoms with Crippen LogP contribution in [-0.4, -0.2) is 47.4 Å². The van der Waals surface area contributed by atoms with Crippen molar-refractivity contribution in [2.75, 3.05) is 29.9 Å². The van der Waals surface area contributed by atoms with E-state index < -0.39 is 6.04 Å². The highest BCUT2D eigenvalue weighted by atomic mass is 35.5. The number of nitrogens with one attached hydrogen (secondary N) is 1. The summed E-state index contributed by atoms with van der Waals surface area (Å²) in [7, 11) is 0. The molecule has 0 saturated carbocycles. The number of amides is 2. The molecular formula is C21H26ClN3O2S. The Labute approximate surface area is 176 Å². The van der Waals surface area contributed by atoms with Crippen molar-refractivity contribution >= 4 is 41.7 Å². The van der Waals surface area contributed by atoms with Crippen LogP contribution in [0.15, 0.2) is 54.6 Å². The molecule has 1 aliphatic heterocycles. The van der Waals surface area contributed by atoms with Crippen molar-refractivity contribution in [2.45, 2.75) is 18.9 Å². The van der Waals surface area contributed by atoms with Crippen LogP contribution >= 0.6 is 24.2 Å². The van der Waals surface area contributed by atoms with Crippen molar-refractivity contribution in [3.8, 4) is 0 Å². The fraction of sp³-hybridized carbons (Fsp3) is 0.333. The summed E-state index contributed by atoms with van der Waals surface area (Å²) in [5.74, 6) is 1.98. The molecule has 7 heteroatoms. The third-order valence-corrected chi connectivity index (χ3v) is 5.52. The summed E-state index contributed by atoms with van der Waals surface area (Å²) in [6, 6.07) is 16.5. The molecule has 0 aromatic heterocycles. The maximum Gasteiger partial charge on any atom is 0.241 e. The van der Waals surface area contributed by atoms with Crippen LogP contribution in [0.2, 0.25) is 0 Å². The Morgan fingerprint density at radius 3 is 2.29 bits per heavy atom. The molecule has 1 aliphatic rings. The van der Waals surface area contributed by atoms with Crippen molar-refractivity contribution < 1.29 is 9.59 Å². The van der Waals surface area contributed by atoms with Gasteiger partial charge in [-0.25, -0.2) is 0 Å². The monoisotopic (exact) mass is 419 g/mol. The maximum atomic E-state index is 12.3. The van der Waals surface area contributed by atoms with E-state index in [0.29, 0.717) is 18.5 Å². The van der Waals surface area contributed by atoms with E-state index in [1.807, 2.05) is 71.3 Å². The van der Waals surface area contributed by atoms with Crippen molar-refractivity contribution in [2.24, 2.45) is 5.73 Å². The minimum Gasteiger partial charge on any atom is -0.341 e. The van der Waals surface area contributed by atoms with Crippen LogP contribution in [0.25, 0.3) is 0 Å². The third-order valence-electron chi connectivity index (χ3n) is 4.58. The Balaban J connectivity index is 0.00000280. The molecule has 3 rings (SSSR count). The fourth-order valence-corrected chi connectivity index (χ4v) is 3.90. The van der Waals surface area contributed by atoms with E-state index in [2.05, 4.69) is 5.32 Å². The molecule has 3 N–H and O–H groups in total. The summed E-state index contributed by atoms with van der Waals surface area (Å²) >= 11 is 1.89. The second-order valence-electron chi connectivity index (χ2n) is 6.65. The Morgan fingerprint density at radius 1 is 1.00 bits per heavy atom. The summed E-state index contributed by atoms with van der Waals surface area (Å²) in [5, 5.41) is 2.84. The van der Waals surface area contributed by atoms with Crippen molar-refractivity contribution in [1.82, 2.24) is 4.90 Å². The van der Waals surface area contributed by atoms with Gasteiger partial charge in [-0.05, 0) is 29.7 Å². The van der Waals surface area contributed by atoms with Gasteiger partial charge in [0.2, 0.25) is 11.8 Å². The van der Waals surface area contributed by atoms with Gasteiger partial charge in [-0.15, -0.1) is 12.4 Å². The first-order chi connectivity index (χ1) is 13.1. The molecule has 2 amide bonds. The molecule has 0 radical (unpaired) electrons. The smallest absolute Gasteiger partial charge is 0.241 e. The number of hydrogen-bond acceptors (Lipinski definition) is 4. The third kappa shape index (κ3) is 6.55. The molecule has 0 bridgehead atoms. The van der Waals surface area contributed by atoms with Gasteiger partial charge in [0.15, 0.2) is 0 Å². The molecular weight excluding hydrogens is 394 g/mol. The predicted molar refractivity (Wildman–Crippen MR) is 118 cm³/mol. The highest BCUT2D eigenvalue weighted by molar-refractivity contribution is 7.99. The summed E-state index contributed by atoms with van der Waals surface area (Å²) in [5.41, 5.74) is 8.68. The van der Waals surface area contributed by atoms with Crippen LogP contribution in [0, 0.1) is 0 Å². The molecule has 1 saturated heterocycles. The zero-order valence-electron chi connectivity index (χ0n) is 15.7. The van der Waals surface area contributed by atoms with Gasteiger partial charge in [0, 0.05) is 30.3 Å². The predicted octanol–water partition coefficient (Wildman–Crippen LogP) is 2.73. The van der Waals surface area contributed by atoms with Gasteiger partial charge in [-0.1, -0.05) is 42.5 Å². The van der Waals surface area contributed by atoms with E-state index in [9.17, 15) is 9.59 Å². The largest absolute Gasteiger partial charge is 0.341 e. The van der Waals surface area contributed by atoms with Crippen molar-refractivity contribution in [3.05, 3.63) is 65.7 Å². The first-order valence-electron chi connectivity index (χ1n) is 9.16. The van der Waals surface area contributed by atoms with Gasteiger partial charge in [-0.2, -0.15) is 11.8 Å². The average Bonchev–Trinajstić information content (AvgIpc) is 2.71. The van der Waals surface area contributed by atoms with E-state index in [-0.39, 0.29) is 24.2 Å². The van der Waals surface area contributed by atoms with Gasteiger partial charge < -0.3 is 16.0 Å². The van der Waals surface area contributed by atoms with E-state index in [1.165, 1.54) is 0 Å². The van der Waals surface area contributed by atoms with Crippen molar-refractivity contribution in [3.63, 3.8) is 0 Å². The van der Waals surface area contributed by atoms with Crippen LogP contribution in [-0.2, 0) is 22.4 Å². The highest BCUT2D eigenvalue weighted by Gasteiger charge is 2.17. The number of thioether (sulfide) groups is 1. The Hall–Kier alpha value is -2.02. The molecule has 2 aromatic carbocycles. The van der Waals surface area contributed by atoms with Crippen molar-refractivity contribution in [1.29, 1.82) is 0 Å². The standard InChI is InChI=1S/C21H25N3O2S.ClH/c22-19(14-16-4-2-1-3-5-16)21(26)23-18-8-6-17(7-9-18)15-20(25)24-10-12-27-13-11-24;/h1-9,19H,10-15,22H2,(H,23,26);1H/t19-;/m0./s1. The number of nitrogens with two attached hydrogens (primary N) is 1. The SMILES string of the molecule is Cl.N[C@@H](Cc1ccccc1)C(=O)Nc1ccc(CC(=O)N2CCSCC2)cc1. The van der Waals surface area contributed by atoms with E-state index in [0.717, 1.165) is 35.7 Å². The molecule has 1 atom stereocenters. The molecule has 28 heavy (non-hydrogen) atoms. The summed E-state index contributed by atoms with van der Waals surface area (Å²) in [4.78, 5) is 26.5. The molecule has 1 heterocycles. The molecule has 1 fully saturated rings. The molecule has 0 unspecified atom stereocenters. The highest BCUT2D eigenvalue weighted by Crippen LogP contribution is 2.14. The Bertz CT molecular complexity index is 765. The number of carbonyl (C=O) groups is 2. The van der Waals surface area contributed by atoms with E-state index >= 15 is 0 Å². The van der Waals surface area contributed by atoms with Gasteiger partial charge >= 0.3 is 0 Å². The lowest BCUT2D eigenvalue weighted by Crippen LogP contribution is -2.38. The number of benzene rings is 2. The van der Waals surface area contributed by atoms with Gasteiger partial charge in [0.1, 0.15) is 0 Å². The second-order valence-corrected chi connectivity index (χ2v) is 7.88. The molecule has 2 aromatic rings. The number of halogens is 1. The number of rotatable bonds is 6. The van der Waals surface area contributed by atoms with Crippen LogP contribution < -0.4 is 11.1 Å². The van der Waals surface area contributed by atoms with Crippen LogP contribution in [0.5, 0.6) is 0 Å². The average molecular weight is 420 g/mol. The Kier molecular flexibility index (Phi) is 8.83. The molecule has 5 nitrogen and oxygen atoms in total. The maximum absolute atomic E-state index is 12.3. The van der Waals surface area contributed by atoms with Crippen LogP contribution in [0.4, 0.5) is 5.69 Å². The summed E-state index contributed by atoms with van der Waals surface area (Å²) in [6.07, 6.45) is 0.889. The Morgan fingerprint density at radius 2 is 1.64 bits per heavy atom. The first kappa shape index (κ1) is 22.3. The van der Waals surface area contributed by atoms with Gasteiger partial charge in [0.05, 0.1) is 12.5 Å². The number of anilines is 1. The minimum absolute atomic E-state index is 0. The second kappa shape index (κ2) is 11.1. The van der Waals surface area contributed by atoms with E-state index in [1.54, 1.807) is 0 Å². The lowest BCUT2D eigenvalue weighted by Gasteiger charge is -2.26. The number of carbonyl (C=O) groups excluding carboxylic acids is 2. The number of hydrogen-bond donors (Lipinski definition) is 2. The quantitative estimate of drug-likeness (QED) is 0.754. The zero-order chi connectivity index (χ0) is 19.1. The van der Waals surface area contributed by atoms with Crippen LogP contribution in [0.1, 0.15) is 11.1 Å².